The number of benzene rings is 1. The van der Waals surface area contributed by atoms with Crippen molar-refractivity contribution in [2.24, 2.45) is 0 Å². The van der Waals surface area contributed by atoms with Crippen LogP contribution in [0.4, 0.5) is 13.2 Å². The van der Waals surface area contributed by atoms with Gasteiger partial charge in [0.05, 0.1) is 5.56 Å². The molecule has 0 heterocycles. The van der Waals surface area contributed by atoms with Gasteiger partial charge in [0.25, 0.3) is 0 Å². The fourth-order valence-corrected chi connectivity index (χ4v) is 1.34. The summed E-state index contributed by atoms with van der Waals surface area (Å²) in [5.41, 5.74) is -0.726. The van der Waals surface area contributed by atoms with Gasteiger partial charge in [0.2, 0.25) is 0 Å². The fraction of sp³-hybridized carbons (Fsp3) is 0.250. The Kier molecular flexibility index (Phi) is 4.45. The number of carbonyl (C=O) groups excluding carboxylic acids is 1. The van der Waals surface area contributed by atoms with Gasteiger partial charge in [-0.3, -0.25) is 4.79 Å². The van der Waals surface area contributed by atoms with Crippen LogP contribution in [-0.4, -0.2) is 19.9 Å². The molecule has 1 aromatic carbocycles. The highest BCUT2D eigenvalue weighted by Gasteiger charge is 2.32. The number of hydrogen-bond acceptors (Lipinski definition) is 2. The van der Waals surface area contributed by atoms with Gasteiger partial charge in [0.15, 0.2) is 0 Å². The Bertz CT molecular complexity index is 424. The highest BCUT2D eigenvalue weighted by molar-refractivity contribution is 5.76. The Morgan fingerprint density at radius 1 is 1.35 bits per heavy atom. The molecule has 1 rings (SSSR count). The predicted molar refractivity (Wildman–Crippen MR) is 59.8 cm³/mol. The van der Waals surface area contributed by atoms with Crippen LogP contribution in [0.5, 0.6) is 0 Å². The molecule has 92 valence electrons. The van der Waals surface area contributed by atoms with E-state index >= 15 is 0 Å². The molecule has 0 radical (unpaired) electrons. The summed E-state index contributed by atoms with van der Waals surface area (Å²) in [4.78, 5) is 10.5. The highest BCUT2D eigenvalue weighted by atomic mass is 19.4. The standard InChI is InChI=1S/C12H12F3NO/c1-16-6-2-3-10-5-4-9(8-17)7-11(10)12(13,14)15/h2-5,7-8,16H,6H2,1H3. The van der Waals surface area contributed by atoms with Gasteiger partial charge in [-0.1, -0.05) is 24.3 Å². The molecule has 0 saturated heterocycles. The van der Waals surface area contributed by atoms with Crippen molar-refractivity contribution in [2.45, 2.75) is 6.18 Å². The quantitative estimate of drug-likeness (QED) is 0.824. The van der Waals surface area contributed by atoms with Crippen LogP contribution in [0.2, 0.25) is 0 Å². The number of likely N-dealkylation sites (N-methyl/N-ethyl adjacent to an activating group) is 1. The Morgan fingerprint density at radius 2 is 2.06 bits per heavy atom. The second-order valence-corrected chi connectivity index (χ2v) is 3.42. The van der Waals surface area contributed by atoms with Gasteiger partial charge < -0.3 is 5.32 Å². The van der Waals surface area contributed by atoms with Crippen molar-refractivity contribution in [1.82, 2.24) is 5.32 Å². The smallest absolute Gasteiger partial charge is 0.316 e. The minimum Gasteiger partial charge on any atom is -0.316 e. The van der Waals surface area contributed by atoms with Crippen LogP contribution in [0.1, 0.15) is 21.5 Å². The first-order valence-electron chi connectivity index (χ1n) is 4.96. The number of aldehydes is 1. The van der Waals surface area contributed by atoms with Crippen molar-refractivity contribution in [2.75, 3.05) is 13.6 Å². The summed E-state index contributed by atoms with van der Waals surface area (Å²) in [5.74, 6) is 0. The average Bonchev–Trinajstić information content (AvgIpc) is 2.28. The zero-order valence-electron chi connectivity index (χ0n) is 9.21. The summed E-state index contributed by atoms with van der Waals surface area (Å²) >= 11 is 0. The molecule has 1 N–H and O–H groups in total. The predicted octanol–water partition coefficient (Wildman–Crippen LogP) is 2.75. The van der Waals surface area contributed by atoms with Crippen LogP contribution in [0.25, 0.3) is 6.08 Å². The molecule has 0 fully saturated rings. The third kappa shape index (κ3) is 3.71. The molecule has 0 unspecified atom stereocenters. The Hall–Kier alpha value is -1.62. The SMILES string of the molecule is CNCC=Cc1ccc(C=O)cc1C(F)(F)F. The third-order valence-electron chi connectivity index (χ3n) is 2.14. The van der Waals surface area contributed by atoms with Gasteiger partial charge in [-0.2, -0.15) is 13.2 Å². The lowest BCUT2D eigenvalue weighted by atomic mass is 10.0. The molecule has 0 aliphatic rings. The number of carbonyl (C=O) groups is 1. The van der Waals surface area contributed by atoms with E-state index in [0.717, 1.165) is 6.07 Å². The summed E-state index contributed by atoms with van der Waals surface area (Å²) in [5, 5.41) is 2.79. The molecule has 0 spiro atoms. The maximum Gasteiger partial charge on any atom is 0.417 e. The van der Waals surface area contributed by atoms with Crippen molar-refractivity contribution in [3.05, 3.63) is 41.0 Å². The topological polar surface area (TPSA) is 29.1 Å². The maximum atomic E-state index is 12.7. The van der Waals surface area contributed by atoms with Crippen molar-refractivity contribution in [3.63, 3.8) is 0 Å². The summed E-state index contributed by atoms with van der Waals surface area (Å²) in [6, 6.07) is 3.51. The van der Waals surface area contributed by atoms with Gasteiger partial charge in [-0.05, 0) is 18.7 Å². The van der Waals surface area contributed by atoms with E-state index in [4.69, 9.17) is 0 Å². The van der Waals surface area contributed by atoms with Gasteiger partial charge >= 0.3 is 6.18 Å². The van der Waals surface area contributed by atoms with Gasteiger partial charge in [0.1, 0.15) is 6.29 Å². The molecule has 17 heavy (non-hydrogen) atoms. The maximum absolute atomic E-state index is 12.7. The number of rotatable bonds is 4. The number of alkyl halides is 3. The van der Waals surface area contributed by atoms with E-state index in [1.807, 2.05) is 0 Å². The van der Waals surface area contributed by atoms with Crippen LogP contribution in [0.3, 0.4) is 0 Å². The Morgan fingerprint density at radius 3 is 2.59 bits per heavy atom. The second-order valence-electron chi connectivity index (χ2n) is 3.42. The van der Waals surface area contributed by atoms with Crippen LogP contribution in [0, 0.1) is 0 Å². The first-order valence-corrected chi connectivity index (χ1v) is 4.96. The molecule has 0 bridgehead atoms. The van der Waals surface area contributed by atoms with E-state index in [2.05, 4.69) is 5.32 Å². The lowest BCUT2D eigenvalue weighted by molar-refractivity contribution is -0.137. The van der Waals surface area contributed by atoms with Crippen molar-refractivity contribution in [1.29, 1.82) is 0 Å². The first kappa shape index (κ1) is 13.4. The van der Waals surface area contributed by atoms with Gasteiger partial charge in [0, 0.05) is 12.1 Å². The minimum atomic E-state index is -4.46. The Balaban J connectivity index is 3.16. The number of nitrogens with one attached hydrogen (secondary N) is 1. The first-order chi connectivity index (χ1) is 7.99. The summed E-state index contributed by atoms with van der Waals surface area (Å²) < 4.78 is 38.1. The monoisotopic (exact) mass is 243 g/mol. The average molecular weight is 243 g/mol. The molecule has 2 nitrogen and oxygen atoms in total. The van der Waals surface area contributed by atoms with Gasteiger partial charge in [-0.25, -0.2) is 0 Å². The van der Waals surface area contributed by atoms with E-state index in [-0.39, 0.29) is 11.1 Å². The molecule has 0 amide bonds. The fourth-order valence-electron chi connectivity index (χ4n) is 1.34. The largest absolute Gasteiger partial charge is 0.417 e. The van der Waals surface area contributed by atoms with Crippen molar-refractivity contribution in [3.8, 4) is 0 Å². The molecule has 0 saturated carbocycles. The third-order valence-corrected chi connectivity index (χ3v) is 2.14. The normalized spacial score (nSPS) is 12.0. The van der Waals surface area contributed by atoms with Crippen molar-refractivity contribution >= 4 is 12.4 Å². The van der Waals surface area contributed by atoms with Crippen molar-refractivity contribution < 1.29 is 18.0 Å². The van der Waals surface area contributed by atoms with E-state index in [0.29, 0.717) is 12.8 Å². The number of hydrogen-bond donors (Lipinski definition) is 1. The molecule has 0 aliphatic heterocycles. The van der Waals surface area contributed by atoms with E-state index in [1.165, 1.54) is 18.2 Å². The molecule has 0 aliphatic carbocycles. The number of halogens is 3. The van der Waals surface area contributed by atoms with Crippen LogP contribution in [-0.2, 0) is 6.18 Å². The molecular formula is C12H12F3NO. The second kappa shape index (κ2) is 5.63. The van der Waals surface area contributed by atoms with Crippen LogP contribution in [0.15, 0.2) is 24.3 Å². The summed E-state index contributed by atoms with van der Waals surface area (Å²) in [7, 11) is 1.70. The van der Waals surface area contributed by atoms with Gasteiger partial charge in [-0.15, -0.1) is 0 Å². The molecule has 0 aromatic heterocycles. The lowest BCUT2D eigenvalue weighted by Gasteiger charge is -2.10. The molecule has 5 heteroatoms. The zero-order chi connectivity index (χ0) is 12.9. The molecular weight excluding hydrogens is 231 g/mol. The minimum absolute atomic E-state index is 0.0168. The molecule has 0 atom stereocenters. The van der Waals surface area contributed by atoms with E-state index in [1.54, 1.807) is 13.1 Å². The molecule has 1 aromatic rings. The van der Waals surface area contributed by atoms with E-state index < -0.39 is 11.7 Å². The highest BCUT2D eigenvalue weighted by Crippen LogP contribution is 2.33. The lowest BCUT2D eigenvalue weighted by Crippen LogP contribution is -2.08. The summed E-state index contributed by atoms with van der Waals surface area (Å²) in [6.45, 7) is 0.479. The van der Waals surface area contributed by atoms with E-state index in [9.17, 15) is 18.0 Å². The van der Waals surface area contributed by atoms with Crippen LogP contribution >= 0.6 is 0 Å². The Labute approximate surface area is 97.1 Å². The summed E-state index contributed by atoms with van der Waals surface area (Å²) in [6.07, 6.45) is -1.09. The van der Waals surface area contributed by atoms with Crippen LogP contribution < -0.4 is 5.32 Å². The zero-order valence-corrected chi connectivity index (χ0v) is 9.21.